The Morgan fingerprint density at radius 2 is 1.76 bits per heavy atom. The minimum atomic E-state index is -1.20. The average molecular weight is 587 g/mol. The third-order valence-electron chi connectivity index (χ3n) is 5.80. The van der Waals surface area contributed by atoms with E-state index >= 15 is 0 Å². The minimum Gasteiger partial charge on any atom is -0.478 e. The number of nitrogens with zero attached hydrogens (tertiary/aromatic N) is 3. The molecule has 8 nitrogen and oxygen atoms in total. The summed E-state index contributed by atoms with van der Waals surface area (Å²) < 4.78 is 2.28. The molecule has 12 heteroatoms. The molecule has 1 unspecified atom stereocenters. The van der Waals surface area contributed by atoms with Crippen LogP contribution in [0.3, 0.4) is 0 Å². The second-order valence-corrected chi connectivity index (χ2v) is 11.3. The molecular formula is C26H19Cl2N4O4S2+. The molecule has 1 aliphatic heterocycles. The molecule has 0 saturated heterocycles. The van der Waals surface area contributed by atoms with E-state index in [2.05, 4.69) is 10.4 Å². The van der Waals surface area contributed by atoms with Gasteiger partial charge in [0.05, 0.1) is 22.4 Å². The van der Waals surface area contributed by atoms with Gasteiger partial charge >= 0.3 is 10.3 Å². The number of halogens is 2. The third kappa shape index (κ3) is 4.88. The first-order valence-corrected chi connectivity index (χ1v) is 13.8. The molecule has 2 N–H and O–H groups in total. The Morgan fingerprint density at radius 3 is 2.42 bits per heavy atom. The highest BCUT2D eigenvalue weighted by Gasteiger charge is 2.49. The van der Waals surface area contributed by atoms with Crippen molar-refractivity contribution in [3.05, 3.63) is 99.0 Å². The van der Waals surface area contributed by atoms with Gasteiger partial charge in [0, 0.05) is 27.8 Å². The fraction of sp³-hybridized carbons (Fsp3) is 0.115. The quantitative estimate of drug-likeness (QED) is 0.159. The molecule has 5 rings (SSSR count). The van der Waals surface area contributed by atoms with Gasteiger partial charge in [0.15, 0.2) is 0 Å². The van der Waals surface area contributed by atoms with Crippen molar-refractivity contribution < 1.29 is 24.2 Å². The molecule has 0 fully saturated rings. The summed E-state index contributed by atoms with van der Waals surface area (Å²) in [6.45, 7) is 1.38. The van der Waals surface area contributed by atoms with Crippen molar-refractivity contribution in [2.45, 2.75) is 23.2 Å². The lowest BCUT2D eigenvalue weighted by Gasteiger charge is -2.19. The van der Waals surface area contributed by atoms with Gasteiger partial charge < -0.3 is 5.11 Å². The van der Waals surface area contributed by atoms with Crippen molar-refractivity contribution in [3.63, 3.8) is 0 Å². The maximum absolute atomic E-state index is 13.8. The Bertz CT molecular complexity index is 1560. The number of carbonyl (C=O) groups is 3. The lowest BCUT2D eigenvalue weighted by atomic mass is 10.0. The zero-order valence-corrected chi connectivity index (χ0v) is 22.9. The second kappa shape index (κ2) is 10.7. The van der Waals surface area contributed by atoms with E-state index in [1.54, 1.807) is 59.3 Å². The van der Waals surface area contributed by atoms with Gasteiger partial charge in [0.1, 0.15) is 0 Å². The van der Waals surface area contributed by atoms with Gasteiger partial charge in [-0.15, -0.1) is 0 Å². The summed E-state index contributed by atoms with van der Waals surface area (Å²) in [5.74, 6) is -1.56. The predicted octanol–water partition coefficient (Wildman–Crippen LogP) is 5.89. The van der Waals surface area contributed by atoms with Crippen LogP contribution in [0.5, 0.6) is 0 Å². The van der Waals surface area contributed by atoms with Crippen LogP contribution in [0.4, 0.5) is 10.8 Å². The van der Waals surface area contributed by atoms with Gasteiger partial charge in [-0.1, -0.05) is 53.5 Å². The number of carbonyl (C=O) groups excluding carboxylic acids is 2. The smallest absolute Gasteiger partial charge is 0.336 e. The lowest BCUT2D eigenvalue weighted by molar-refractivity contribution is -0.792. The lowest BCUT2D eigenvalue weighted by Crippen LogP contribution is -2.51. The number of carboxylic acids is 1. The van der Waals surface area contributed by atoms with Crippen LogP contribution in [-0.4, -0.2) is 28.0 Å². The maximum atomic E-state index is 13.8. The molecule has 0 radical (unpaired) electrons. The number of carboxylic acid groups (broad SMARTS) is 1. The van der Waals surface area contributed by atoms with Gasteiger partial charge in [0.2, 0.25) is 5.91 Å². The fourth-order valence-corrected chi connectivity index (χ4v) is 7.12. The number of anilines is 2. The molecule has 0 spiro atoms. The molecule has 0 saturated carbocycles. The number of thioether (sulfide) groups is 1. The van der Waals surface area contributed by atoms with E-state index in [-0.39, 0.29) is 17.0 Å². The first kappa shape index (κ1) is 26.2. The SMILES string of the molecule is CC(=O)Nc1n[n+](C2c3cccc(C(=O)O)c3C(=O)N2c2ccccc2)c(SCc2c(Cl)cccc2Cl)s1. The standard InChI is InChI=1S/C26H18Cl2N4O4S2/c1-14(33)29-25-30-32(26(38-25)37-13-18-19(27)11-6-12-20(18)28)22-16-9-5-10-17(24(35)36)21(16)23(34)31(22)15-7-3-2-4-8-15/h2-12,22H,13H2,1H3,(H-,29,30,33,35,36)/p+1. The third-order valence-corrected chi connectivity index (χ3v) is 8.72. The summed E-state index contributed by atoms with van der Waals surface area (Å²) in [6, 6.07) is 19.0. The Hall–Kier alpha value is -3.44. The molecular weight excluding hydrogens is 567 g/mol. The van der Waals surface area contributed by atoms with Crippen molar-refractivity contribution in [2.75, 3.05) is 10.2 Å². The second-order valence-electron chi connectivity index (χ2n) is 8.25. The van der Waals surface area contributed by atoms with E-state index in [0.29, 0.717) is 36.5 Å². The van der Waals surface area contributed by atoms with Crippen LogP contribution >= 0.6 is 46.3 Å². The zero-order chi connectivity index (χ0) is 27.0. The molecule has 0 bridgehead atoms. The minimum absolute atomic E-state index is 0.0918. The van der Waals surface area contributed by atoms with E-state index in [1.807, 2.05) is 6.07 Å². The van der Waals surface area contributed by atoms with Crippen LogP contribution in [0, 0.1) is 0 Å². The summed E-state index contributed by atoms with van der Waals surface area (Å²) in [5.41, 5.74) is 1.80. The van der Waals surface area contributed by atoms with Gasteiger partial charge in [-0.2, -0.15) is 0 Å². The number of aromatic nitrogens is 2. The van der Waals surface area contributed by atoms with Gasteiger partial charge in [-0.05, 0) is 69.7 Å². The van der Waals surface area contributed by atoms with Crippen molar-refractivity contribution in [2.24, 2.45) is 0 Å². The number of aromatic carboxylic acids is 1. The molecule has 0 aliphatic carbocycles. The Balaban J connectivity index is 1.67. The maximum Gasteiger partial charge on any atom is 0.336 e. The molecule has 2 amide bonds. The molecule has 2 heterocycles. The Morgan fingerprint density at radius 1 is 1.08 bits per heavy atom. The van der Waals surface area contributed by atoms with E-state index < -0.39 is 18.0 Å². The van der Waals surface area contributed by atoms with Gasteiger partial charge in [0.25, 0.3) is 17.2 Å². The number of para-hydroxylation sites is 1. The fourth-order valence-electron chi connectivity index (χ4n) is 4.20. The highest BCUT2D eigenvalue weighted by molar-refractivity contribution is 8.00. The number of fused-ring (bicyclic) bond motifs is 1. The van der Waals surface area contributed by atoms with E-state index in [0.717, 1.165) is 5.56 Å². The van der Waals surface area contributed by atoms with Crippen LogP contribution in [-0.2, 0) is 10.5 Å². The van der Waals surface area contributed by atoms with Crippen LogP contribution < -0.4 is 14.9 Å². The molecule has 192 valence electrons. The van der Waals surface area contributed by atoms with Crippen LogP contribution in [0.25, 0.3) is 0 Å². The summed E-state index contributed by atoms with van der Waals surface area (Å²) >= 11 is 15.4. The summed E-state index contributed by atoms with van der Waals surface area (Å²) in [4.78, 5) is 39.2. The highest BCUT2D eigenvalue weighted by atomic mass is 35.5. The van der Waals surface area contributed by atoms with Gasteiger partial charge in [-0.25, -0.2) is 9.69 Å². The van der Waals surface area contributed by atoms with E-state index in [1.165, 1.54) is 41.0 Å². The zero-order valence-electron chi connectivity index (χ0n) is 19.7. The molecule has 1 aromatic heterocycles. The number of benzene rings is 3. The molecule has 1 atom stereocenters. The molecule has 38 heavy (non-hydrogen) atoms. The number of hydrogen-bond donors (Lipinski definition) is 2. The Kier molecular flexibility index (Phi) is 7.40. The number of rotatable bonds is 7. The number of hydrogen-bond acceptors (Lipinski definition) is 6. The summed E-state index contributed by atoms with van der Waals surface area (Å²) in [5, 5.41) is 18.6. The van der Waals surface area contributed by atoms with E-state index in [9.17, 15) is 19.5 Å². The monoisotopic (exact) mass is 585 g/mol. The predicted molar refractivity (Wildman–Crippen MR) is 147 cm³/mol. The van der Waals surface area contributed by atoms with Crippen molar-refractivity contribution >= 4 is 74.9 Å². The summed E-state index contributed by atoms with van der Waals surface area (Å²) in [7, 11) is 0. The van der Waals surface area contributed by atoms with Crippen LogP contribution in [0.2, 0.25) is 10.0 Å². The first-order valence-electron chi connectivity index (χ1n) is 11.3. The van der Waals surface area contributed by atoms with Crippen LogP contribution in [0.1, 0.15) is 44.9 Å². The number of amides is 2. The van der Waals surface area contributed by atoms with Crippen molar-refractivity contribution in [1.29, 1.82) is 0 Å². The topological polar surface area (TPSA) is 103 Å². The normalized spacial score (nSPS) is 14.4. The van der Waals surface area contributed by atoms with Crippen molar-refractivity contribution in [3.8, 4) is 0 Å². The van der Waals surface area contributed by atoms with Crippen LogP contribution in [0.15, 0.2) is 71.1 Å². The van der Waals surface area contributed by atoms with Gasteiger partial charge in [-0.3, -0.25) is 14.9 Å². The van der Waals surface area contributed by atoms with E-state index in [4.69, 9.17) is 23.2 Å². The summed E-state index contributed by atoms with van der Waals surface area (Å²) in [6.07, 6.45) is -0.804. The molecule has 4 aromatic rings. The van der Waals surface area contributed by atoms with Crippen molar-refractivity contribution in [1.82, 2.24) is 5.10 Å². The Labute approximate surface area is 235 Å². The highest BCUT2D eigenvalue weighted by Crippen LogP contribution is 2.40. The molecule has 3 aromatic carbocycles. The first-order chi connectivity index (χ1) is 18.3. The largest absolute Gasteiger partial charge is 0.478 e. The number of nitrogens with one attached hydrogen (secondary N) is 1. The molecule has 1 aliphatic rings. The average Bonchev–Trinajstić information content (AvgIpc) is 3.41.